The molecule has 168 valence electrons. The molecule has 4 rings (SSSR count). The monoisotopic (exact) mass is 457 g/mol. The molecular formula is C22H24ClN5O4. The van der Waals surface area contributed by atoms with E-state index in [2.05, 4.69) is 26.6 Å². The van der Waals surface area contributed by atoms with Crippen molar-refractivity contribution in [3.8, 4) is 5.75 Å². The number of fused-ring (bicyclic) bond motifs is 1. The van der Waals surface area contributed by atoms with Gasteiger partial charge in [-0.3, -0.25) is 19.7 Å². The van der Waals surface area contributed by atoms with Gasteiger partial charge in [0.25, 0.3) is 0 Å². The van der Waals surface area contributed by atoms with Crippen LogP contribution in [0.1, 0.15) is 13.3 Å². The summed E-state index contributed by atoms with van der Waals surface area (Å²) in [5, 5.41) is 15.3. The van der Waals surface area contributed by atoms with Crippen LogP contribution >= 0.6 is 11.6 Å². The Hall–Kier alpha value is -3.30. The Balaban J connectivity index is 1.44. The number of halogens is 1. The van der Waals surface area contributed by atoms with Crippen molar-refractivity contribution in [1.29, 1.82) is 0 Å². The summed E-state index contributed by atoms with van der Waals surface area (Å²) in [4.78, 5) is 38.2. The maximum absolute atomic E-state index is 13.0. The first-order valence-electron chi connectivity index (χ1n) is 10.3. The summed E-state index contributed by atoms with van der Waals surface area (Å²) in [6, 6.07) is 13.9. The van der Waals surface area contributed by atoms with Gasteiger partial charge in [-0.05, 0) is 55.5 Å². The summed E-state index contributed by atoms with van der Waals surface area (Å²) < 4.78 is 5.40. The van der Waals surface area contributed by atoms with E-state index in [1.807, 2.05) is 6.92 Å². The minimum atomic E-state index is -0.815. The van der Waals surface area contributed by atoms with E-state index in [1.165, 1.54) is 0 Å². The van der Waals surface area contributed by atoms with Crippen LogP contribution in [0.15, 0.2) is 48.5 Å². The molecule has 32 heavy (non-hydrogen) atoms. The first-order valence-corrected chi connectivity index (χ1v) is 10.7. The number of carbonyl (C=O) groups excluding carboxylic acids is 3. The van der Waals surface area contributed by atoms with Crippen molar-refractivity contribution < 1.29 is 19.1 Å². The maximum atomic E-state index is 13.0. The van der Waals surface area contributed by atoms with E-state index < -0.39 is 24.3 Å². The molecule has 0 saturated carbocycles. The van der Waals surface area contributed by atoms with Crippen LogP contribution in [-0.4, -0.2) is 36.8 Å². The highest BCUT2D eigenvalue weighted by Gasteiger charge is 2.48. The molecule has 2 fully saturated rings. The number of piperidine rings is 1. The predicted octanol–water partition coefficient (Wildman–Crippen LogP) is 1.87. The van der Waals surface area contributed by atoms with Gasteiger partial charge in [0.2, 0.25) is 17.7 Å². The smallest absolute Gasteiger partial charge is 0.229 e. The zero-order valence-corrected chi connectivity index (χ0v) is 18.1. The fourth-order valence-corrected chi connectivity index (χ4v) is 4.03. The largest absolute Gasteiger partial charge is 0.494 e. The normalized spacial score (nSPS) is 24.6. The Bertz CT molecular complexity index is 998. The summed E-state index contributed by atoms with van der Waals surface area (Å²) >= 11 is 5.91. The van der Waals surface area contributed by atoms with Gasteiger partial charge in [0.15, 0.2) is 6.29 Å². The van der Waals surface area contributed by atoms with Gasteiger partial charge in [0, 0.05) is 22.8 Å². The molecule has 0 aromatic heterocycles. The van der Waals surface area contributed by atoms with Crippen molar-refractivity contribution in [3.63, 3.8) is 0 Å². The second-order valence-electron chi connectivity index (χ2n) is 7.59. The van der Waals surface area contributed by atoms with Gasteiger partial charge < -0.3 is 26.0 Å². The van der Waals surface area contributed by atoms with Crippen LogP contribution in [0.25, 0.3) is 0 Å². The number of amides is 3. The second kappa shape index (κ2) is 9.46. The Morgan fingerprint density at radius 3 is 2.44 bits per heavy atom. The van der Waals surface area contributed by atoms with Crippen molar-refractivity contribution in [2.45, 2.75) is 25.8 Å². The van der Waals surface area contributed by atoms with Crippen LogP contribution in [0.3, 0.4) is 0 Å². The molecule has 2 aromatic carbocycles. The number of carbonyl (C=O) groups is 3. The number of nitrogens with one attached hydrogen (secondary N) is 5. The molecule has 2 aliphatic heterocycles. The van der Waals surface area contributed by atoms with Crippen molar-refractivity contribution in [1.82, 2.24) is 16.0 Å². The predicted molar refractivity (Wildman–Crippen MR) is 120 cm³/mol. The molecule has 0 bridgehead atoms. The average molecular weight is 458 g/mol. The lowest BCUT2D eigenvalue weighted by molar-refractivity contribution is -0.144. The Labute approximate surface area is 190 Å². The molecule has 2 saturated heterocycles. The molecule has 3 amide bonds. The molecule has 2 aliphatic rings. The third kappa shape index (κ3) is 4.95. The standard InChI is InChI=1S/C22H24ClN5O4/c1-2-32-15-9-7-13(8-10-15)24-20(30)16-11-17(29)26-19-18(16)21(31)28-22(27-19)25-14-5-3-12(23)4-6-14/h3-10,16,18-19,22,25,27H,2,11H2,1H3,(H,24,30)(H,26,29)(H,28,31). The van der Waals surface area contributed by atoms with Crippen LogP contribution in [0.5, 0.6) is 5.75 Å². The average Bonchev–Trinajstić information content (AvgIpc) is 2.76. The van der Waals surface area contributed by atoms with Crippen LogP contribution < -0.4 is 31.3 Å². The molecule has 9 nitrogen and oxygen atoms in total. The van der Waals surface area contributed by atoms with Crippen molar-refractivity contribution in [2.75, 3.05) is 17.2 Å². The molecule has 0 spiro atoms. The molecule has 4 unspecified atom stereocenters. The first-order chi connectivity index (χ1) is 15.4. The Morgan fingerprint density at radius 2 is 1.75 bits per heavy atom. The van der Waals surface area contributed by atoms with Gasteiger partial charge in [0.05, 0.1) is 24.6 Å². The highest BCUT2D eigenvalue weighted by Crippen LogP contribution is 2.28. The number of ether oxygens (including phenoxy) is 1. The van der Waals surface area contributed by atoms with E-state index in [0.717, 1.165) is 5.69 Å². The van der Waals surface area contributed by atoms with Crippen molar-refractivity contribution in [3.05, 3.63) is 53.6 Å². The Morgan fingerprint density at radius 1 is 1.06 bits per heavy atom. The lowest BCUT2D eigenvalue weighted by Crippen LogP contribution is -2.72. The summed E-state index contributed by atoms with van der Waals surface area (Å²) in [6.45, 7) is 2.43. The quantitative estimate of drug-likeness (QED) is 0.451. The number of rotatable bonds is 6. The van der Waals surface area contributed by atoms with Gasteiger partial charge in [0.1, 0.15) is 5.75 Å². The van der Waals surface area contributed by atoms with E-state index in [0.29, 0.717) is 23.1 Å². The zero-order chi connectivity index (χ0) is 22.7. The molecule has 0 aliphatic carbocycles. The molecule has 2 heterocycles. The van der Waals surface area contributed by atoms with Gasteiger partial charge in [-0.1, -0.05) is 11.6 Å². The van der Waals surface area contributed by atoms with Crippen molar-refractivity contribution in [2.24, 2.45) is 11.8 Å². The van der Waals surface area contributed by atoms with E-state index >= 15 is 0 Å². The number of hydrogen-bond donors (Lipinski definition) is 5. The fourth-order valence-electron chi connectivity index (χ4n) is 3.90. The molecule has 5 N–H and O–H groups in total. The number of hydrogen-bond acceptors (Lipinski definition) is 6. The van der Waals surface area contributed by atoms with Crippen molar-refractivity contribution >= 4 is 40.7 Å². The molecule has 10 heteroatoms. The minimum Gasteiger partial charge on any atom is -0.494 e. The van der Waals surface area contributed by atoms with E-state index in [4.69, 9.17) is 16.3 Å². The topological polar surface area (TPSA) is 121 Å². The highest BCUT2D eigenvalue weighted by molar-refractivity contribution is 6.30. The molecular weight excluding hydrogens is 434 g/mol. The fraction of sp³-hybridized carbons (Fsp3) is 0.318. The van der Waals surface area contributed by atoms with E-state index in [9.17, 15) is 14.4 Å². The Kier molecular flexibility index (Phi) is 6.48. The van der Waals surface area contributed by atoms with Crippen LogP contribution in [0.4, 0.5) is 11.4 Å². The van der Waals surface area contributed by atoms with Crippen LogP contribution in [0.2, 0.25) is 5.02 Å². The number of benzene rings is 2. The lowest BCUT2D eigenvalue weighted by Gasteiger charge is -2.43. The zero-order valence-electron chi connectivity index (χ0n) is 17.4. The summed E-state index contributed by atoms with van der Waals surface area (Å²) in [6.07, 6.45) is -1.39. The number of anilines is 2. The third-order valence-corrected chi connectivity index (χ3v) is 5.63. The van der Waals surface area contributed by atoms with Gasteiger partial charge >= 0.3 is 0 Å². The SMILES string of the molecule is CCOc1ccc(NC(=O)C2CC(=O)NC3NC(Nc4ccc(Cl)cc4)NC(=O)C32)cc1. The van der Waals surface area contributed by atoms with Crippen LogP contribution in [0, 0.1) is 11.8 Å². The first kappa shape index (κ1) is 21.9. The van der Waals surface area contributed by atoms with E-state index in [1.54, 1.807) is 48.5 Å². The minimum absolute atomic E-state index is 0.0750. The van der Waals surface area contributed by atoms with Gasteiger partial charge in [-0.25, -0.2) is 0 Å². The third-order valence-electron chi connectivity index (χ3n) is 5.37. The molecule has 2 aromatic rings. The molecule has 4 atom stereocenters. The summed E-state index contributed by atoms with van der Waals surface area (Å²) in [5.74, 6) is -1.89. The van der Waals surface area contributed by atoms with Gasteiger partial charge in [-0.15, -0.1) is 0 Å². The van der Waals surface area contributed by atoms with E-state index in [-0.39, 0.29) is 24.1 Å². The van der Waals surface area contributed by atoms with Gasteiger partial charge in [-0.2, -0.15) is 0 Å². The maximum Gasteiger partial charge on any atom is 0.229 e. The summed E-state index contributed by atoms with van der Waals surface area (Å²) in [5.41, 5.74) is 1.30. The summed E-state index contributed by atoms with van der Waals surface area (Å²) in [7, 11) is 0. The second-order valence-corrected chi connectivity index (χ2v) is 8.02. The highest BCUT2D eigenvalue weighted by atomic mass is 35.5. The lowest BCUT2D eigenvalue weighted by atomic mass is 9.81. The van der Waals surface area contributed by atoms with Crippen LogP contribution in [-0.2, 0) is 14.4 Å². The molecule has 0 radical (unpaired) electrons.